The van der Waals surface area contributed by atoms with E-state index < -0.39 is 5.91 Å². The third-order valence-electron chi connectivity index (χ3n) is 6.04. The van der Waals surface area contributed by atoms with Crippen LogP contribution in [0.1, 0.15) is 16.8 Å². The van der Waals surface area contributed by atoms with Crippen LogP contribution in [0.4, 0.5) is 22.1 Å². The highest BCUT2D eigenvalue weighted by Crippen LogP contribution is 2.34. The van der Waals surface area contributed by atoms with Gasteiger partial charge in [-0.05, 0) is 42.8 Å². The van der Waals surface area contributed by atoms with Crippen LogP contribution in [0.2, 0.25) is 10.0 Å². The molecule has 3 aromatic rings. The van der Waals surface area contributed by atoms with Crippen LogP contribution in [0.25, 0.3) is 0 Å². The van der Waals surface area contributed by atoms with Gasteiger partial charge in [-0.25, -0.2) is 9.78 Å². The number of halogens is 2. The molecule has 3 N–H and O–H groups in total. The first kappa shape index (κ1) is 24.0. The molecule has 0 unspecified atom stereocenters. The molecule has 2 aliphatic heterocycles. The molecule has 186 valence electrons. The summed E-state index contributed by atoms with van der Waals surface area (Å²) in [6, 6.07) is 15.1. The van der Waals surface area contributed by atoms with Crippen molar-refractivity contribution in [3.05, 3.63) is 70.2 Å². The quantitative estimate of drug-likeness (QED) is 0.460. The average Bonchev–Trinajstić information content (AvgIpc) is 3.34. The summed E-state index contributed by atoms with van der Waals surface area (Å²) in [7, 11) is 0. The van der Waals surface area contributed by atoms with Crippen molar-refractivity contribution >= 4 is 52.5 Å². The Morgan fingerprint density at radius 2 is 1.89 bits per heavy atom. The van der Waals surface area contributed by atoms with Gasteiger partial charge in [0.05, 0.1) is 17.1 Å². The molecule has 1 atom stereocenters. The van der Waals surface area contributed by atoms with E-state index in [1.807, 2.05) is 41.3 Å². The Morgan fingerprint density at radius 3 is 2.69 bits per heavy atom. The van der Waals surface area contributed by atoms with E-state index in [-0.39, 0.29) is 33.4 Å². The normalized spacial score (nSPS) is 16.8. The average molecular weight is 528 g/mol. The Morgan fingerprint density at radius 1 is 1.08 bits per heavy atom. The fourth-order valence-electron chi connectivity index (χ4n) is 4.26. The van der Waals surface area contributed by atoms with Gasteiger partial charge >= 0.3 is 6.03 Å². The van der Waals surface area contributed by atoms with Gasteiger partial charge in [-0.15, -0.1) is 0 Å². The van der Waals surface area contributed by atoms with Crippen molar-refractivity contribution < 1.29 is 19.4 Å². The van der Waals surface area contributed by atoms with Crippen LogP contribution in [0.3, 0.4) is 0 Å². The number of ether oxygens (including phenoxy) is 1. The van der Waals surface area contributed by atoms with E-state index in [1.54, 1.807) is 11.0 Å². The highest BCUT2D eigenvalue weighted by molar-refractivity contribution is 6.36. The van der Waals surface area contributed by atoms with E-state index in [1.165, 1.54) is 12.1 Å². The molecule has 3 amide bonds. The summed E-state index contributed by atoms with van der Waals surface area (Å²) in [6.07, 6.45) is 0.675. The maximum Gasteiger partial charge on any atom is 0.327 e. The highest BCUT2D eigenvalue weighted by Gasteiger charge is 2.30. The largest absolute Gasteiger partial charge is 0.506 e. The van der Waals surface area contributed by atoms with Gasteiger partial charge in [-0.2, -0.15) is 0 Å². The van der Waals surface area contributed by atoms with E-state index in [9.17, 15) is 14.7 Å². The number of rotatable bonds is 4. The van der Waals surface area contributed by atoms with E-state index >= 15 is 0 Å². The number of pyridine rings is 1. The summed E-state index contributed by atoms with van der Waals surface area (Å²) in [5.74, 6) is 0.879. The Labute approximate surface area is 217 Å². The van der Waals surface area contributed by atoms with Gasteiger partial charge in [0.1, 0.15) is 18.2 Å². The molecular formula is C25H23Cl2N5O4. The summed E-state index contributed by atoms with van der Waals surface area (Å²) >= 11 is 11.9. The van der Waals surface area contributed by atoms with Crippen molar-refractivity contribution in [1.29, 1.82) is 0 Å². The number of phenols is 1. The van der Waals surface area contributed by atoms with Crippen molar-refractivity contribution in [2.75, 3.05) is 41.4 Å². The number of aromatic nitrogens is 1. The van der Waals surface area contributed by atoms with Gasteiger partial charge in [0.25, 0.3) is 5.91 Å². The fraction of sp³-hybridized carbons (Fsp3) is 0.240. The number of urea groups is 1. The van der Waals surface area contributed by atoms with Crippen LogP contribution in [0.15, 0.2) is 54.6 Å². The standard InChI is InChI=1S/C25H23Cl2N5O4/c26-15-12-18(22(33)19(27)13-15)24(34)28-17-8-9-31(14-17)21-7-6-20-23(30-21)32(10-11-36-20)25(35)29-16-4-2-1-3-5-16/h1-7,12-13,17,33H,8-11,14H2,(H,28,34)(H,29,35)/t17-/m0/s1. The number of hydrogen-bond donors (Lipinski definition) is 3. The summed E-state index contributed by atoms with van der Waals surface area (Å²) in [4.78, 5) is 34.0. The molecule has 3 heterocycles. The van der Waals surface area contributed by atoms with Gasteiger partial charge < -0.3 is 25.4 Å². The van der Waals surface area contributed by atoms with Crippen LogP contribution < -0.4 is 25.2 Å². The van der Waals surface area contributed by atoms with Crippen molar-refractivity contribution in [2.24, 2.45) is 0 Å². The molecule has 36 heavy (non-hydrogen) atoms. The highest BCUT2D eigenvalue weighted by atomic mass is 35.5. The lowest BCUT2D eigenvalue weighted by molar-refractivity contribution is 0.0937. The molecule has 0 bridgehead atoms. The number of carbonyl (C=O) groups is 2. The maximum absolute atomic E-state index is 13.0. The fourth-order valence-corrected chi connectivity index (χ4v) is 4.75. The number of para-hydroxylation sites is 1. The minimum atomic E-state index is -0.459. The Bertz CT molecular complexity index is 1310. The SMILES string of the molecule is O=C(N[C@H]1CCN(c2ccc3c(n2)N(C(=O)Nc2ccccc2)CCO3)C1)c1cc(Cl)cc(Cl)c1O. The van der Waals surface area contributed by atoms with Crippen molar-refractivity contribution in [3.8, 4) is 11.5 Å². The number of amides is 3. The molecule has 2 aromatic carbocycles. The zero-order chi connectivity index (χ0) is 25.2. The lowest BCUT2D eigenvalue weighted by Crippen LogP contribution is -2.41. The number of carbonyl (C=O) groups excluding carboxylic acids is 2. The summed E-state index contributed by atoms with van der Waals surface area (Å²) in [5, 5.41) is 16.2. The Balaban J connectivity index is 1.28. The molecule has 1 aromatic heterocycles. The zero-order valence-corrected chi connectivity index (χ0v) is 20.6. The van der Waals surface area contributed by atoms with E-state index in [4.69, 9.17) is 32.9 Å². The first-order valence-electron chi connectivity index (χ1n) is 11.4. The molecular weight excluding hydrogens is 505 g/mol. The van der Waals surface area contributed by atoms with Crippen LogP contribution in [-0.2, 0) is 0 Å². The molecule has 1 fully saturated rings. The molecule has 9 nitrogen and oxygen atoms in total. The van der Waals surface area contributed by atoms with Gasteiger partial charge in [0, 0.05) is 29.8 Å². The molecule has 0 radical (unpaired) electrons. The number of aromatic hydroxyl groups is 1. The summed E-state index contributed by atoms with van der Waals surface area (Å²) in [6.45, 7) is 1.89. The first-order chi connectivity index (χ1) is 17.4. The number of anilines is 3. The maximum atomic E-state index is 13.0. The number of benzene rings is 2. The topological polar surface area (TPSA) is 107 Å². The van der Waals surface area contributed by atoms with Crippen molar-refractivity contribution in [1.82, 2.24) is 10.3 Å². The predicted molar refractivity (Wildman–Crippen MR) is 139 cm³/mol. The van der Waals surface area contributed by atoms with E-state index in [2.05, 4.69) is 10.6 Å². The molecule has 5 rings (SSSR count). The van der Waals surface area contributed by atoms with Crippen LogP contribution in [0, 0.1) is 0 Å². The Kier molecular flexibility index (Phi) is 6.75. The summed E-state index contributed by atoms with van der Waals surface area (Å²) in [5.41, 5.74) is 0.715. The third-order valence-corrected chi connectivity index (χ3v) is 6.55. The third kappa shape index (κ3) is 4.98. The molecule has 11 heteroatoms. The molecule has 2 aliphatic rings. The minimum absolute atomic E-state index is 0.0158. The van der Waals surface area contributed by atoms with Crippen molar-refractivity contribution in [3.63, 3.8) is 0 Å². The monoisotopic (exact) mass is 527 g/mol. The molecule has 0 aliphatic carbocycles. The van der Waals surface area contributed by atoms with Gasteiger partial charge in [0.2, 0.25) is 0 Å². The number of hydrogen-bond acceptors (Lipinski definition) is 6. The summed E-state index contributed by atoms with van der Waals surface area (Å²) < 4.78 is 5.72. The van der Waals surface area contributed by atoms with Crippen LogP contribution >= 0.6 is 23.2 Å². The lowest BCUT2D eigenvalue weighted by atomic mass is 10.1. The van der Waals surface area contributed by atoms with E-state index in [0.717, 1.165) is 0 Å². The van der Waals surface area contributed by atoms with Gasteiger partial charge in [0.15, 0.2) is 11.6 Å². The second-order valence-electron chi connectivity index (χ2n) is 8.48. The zero-order valence-electron chi connectivity index (χ0n) is 19.1. The number of phenolic OH excluding ortho intramolecular Hbond substituents is 1. The minimum Gasteiger partial charge on any atom is -0.506 e. The molecule has 0 saturated carbocycles. The second-order valence-corrected chi connectivity index (χ2v) is 9.32. The van der Waals surface area contributed by atoms with Gasteiger partial charge in [-0.1, -0.05) is 41.4 Å². The van der Waals surface area contributed by atoms with Crippen molar-refractivity contribution in [2.45, 2.75) is 12.5 Å². The van der Waals surface area contributed by atoms with Crippen LogP contribution in [0.5, 0.6) is 11.5 Å². The van der Waals surface area contributed by atoms with E-state index in [0.29, 0.717) is 55.7 Å². The second kappa shape index (κ2) is 10.1. The van der Waals surface area contributed by atoms with Crippen LogP contribution in [-0.4, -0.2) is 54.3 Å². The number of fused-ring (bicyclic) bond motifs is 1. The first-order valence-corrected chi connectivity index (χ1v) is 12.2. The van der Waals surface area contributed by atoms with Gasteiger partial charge in [-0.3, -0.25) is 9.69 Å². The number of nitrogens with one attached hydrogen (secondary N) is 2. The lowest BCUT2D eigenvalue weighted by Gasteiger charge is -2.30. The molecule has 1 saturated heterocycles. The smallest absolute Gasteiger partial charge is 0.327 e. The predicted octanol–water partition coefficient (Wildman–Crippen LogP) is 4.53. The Hall–Kier alpha value is -3.69. The molecule has 0 spiro atoms. The number of nitrogens with zero attached hydrogens (tertiary/aromatic N) is 3.